The molecular weight excluding hydrogens is 308 g/mol. The van der Waals surface area contributed by atoms with Gasteiger partial charge < -0.3 is 24.8 Å². The van der Waals surface area contributed by atoms with Crippen molar-refractivity contribution in [2.45, 2.75) is 44.6 Å². The van der Waals surface area contributed by atoms with E-state index >= 15 is 0 Å². The summed E-state index contributed by atoms with van der Waals surface area (Å²) >= 11 is 0. The van der Waals surface area contributed by atoms with Crippen LogP contribution >= 0.6 is 0 Å². The molecule has 0 heterocycles. The second-order valence-electron chi connectivity index (χ2n) is 5.93. The number of urea groups is 1. The number of benzene rings is 1. The minimum atomic E-state index is -0.122. The van der Waals surface area contributed by atoms with Gasteiger partial charge >= 0.3 is 6.03 Å². The lowest BCUT2D eigenvalue weighted by molar-refractivity contribution is 0.230. The maximum atomic E-state index is 11.9. The minimum Gasteiger partial charge on any atom is -0.493 e. The molecule has 0 radical (unpaired) electrons. The molecule has 1 aromatic rings. The molecular formula is C18H28N2O4. The number of rotatable bonds is 7. The predicted molar refractivity (Wildman–Crippen MR) is 93.1 cm³/mol. The zero-order valence-corrected chi connectivity index (χ0v) is 14.6. The van der Waals surface area contributed by atoms with Crippen molar-refractivity contribution in [1.29, 1.82) is 0 Å². The van der Waals surface area contributed by atoms with E-state index in [1.807, 2.05) is 18.2 Å². The third-order valence-electron chi connectivity index (χ3n) is 4.20. The first-order valence-corrected chi connectivity index (χ1v) is 8.62. The lowest BCUT2D eigenvalue weighted by Crippen LogP contribution is -2.43. The van der Waals surface area contributed by atoms with E-state index in [1.54, 1.807) is 14.2 Å². The van der Waals surface area contributed by atoms with Crippen molar-refractivity contribution in [1.82, 2.24) is 10.6 Å². The molecule has 1 aliphatic carbocycles. The van der Waals surface area contributed by atoms with E-state index in [1.165, 1.54) is 25.7 Å². The van der Waals surface area contributed by atoms with Gasteiger partial charge in [-0.25, -0.2) is 4.79 Å². The largest absolute Gasteiger partial charge is 0.493 e. The summed E-state index contributed by atoms with van der Waals surface area (Å²) in [4.78, 5) is 11.9. The summed E-state index contributed by atoms with van der Waals surface area (Å²) in [5.41, 5.74) is 0. The van der Waals surface area contributed by atoms with Crippen molar-refractivity contribution in [2.24, 2.45) is 0 Å². The van der Waals surface area contributed by atoms with Crippen molar-refractivity contribution in [3.63, 3.8) is 0 Å². The Balaban J connectivity index is 1.71. The van der Waals surface area contributed by atoms with Gasteiger partial charge in [0, 0.05) is 6.04 Å². The lowest BCUT2D eigenvalue weighted by atomic mass is 10.1. The average Bonchev–Trinajstić information content (AvgIpc) is 2.86. The monoisotopic (exact) mass is 336 g/mol. The summed E-state index contributed by atoms with van der Waals surface area (Å²) in [6.45, 7) is 0.792. The molecule has 0 unspecified atom stereocenters. The van der Waals surface area contributed by atoms with E-state index in [9.17, 15) is 4.79 Å². The van der Waals surface area contributed by atoms with Crippen LogP contribution in [0, 0.1) is 0 Å². The molecule has 2 amide bonds. The standard InChI is InChI=1S/C18H28N2O4/c1-22-15-10-7-11-16(17(15)23-2)24-13-12-19-18(21)20-14-8-5-3-4-6-9-14/h7,10-11,14H,3-6,8-9,12-13H2,1-2H3,(H2,19,20,21). The molecule has 1 saturated carbocycles. The van der Waals surface area contributed by atoms with Gasteiger partial charge in [-0.15, -0.1) is 0 Å². The Morgan fingerprint density at radius 3 is 2.46 bits per heavy atom. The Kier molecular flexibility index (Phi) is 7.52. The summed E-state index contributed by atoms with van der Waals surface area (Å²) in [6, 6.07) is 5.63. The molecule has 1 aromatic carbocycles. The van der Waals surface area contributed by atoms with E-state index in [0.29, 0.717) is 36.4 Å². The molecule has 2 rings (SSSR count). The topological polar surface area (TPSA) is 68.8 Å². The average molecular weight is 336 g/mol. The quantitative estimate of drug-likeness (QED) is 0.593. The smallest absolute Gasteiger partial charge is 0.315 e. The van der Waals surface area contributed by atoms with Gasteiger partial charge in [0.15, 0.2) is 11.5 Å². The van der Waals surface area contributed by atoms with Crippen LogP contribution < -0.4 is 24.8 Å². The van der Waals surface area contributed by atoms with Crippen LogP contribution in [0.1, 0.15) is 38.5 Å². The fourth-order valence-corrected chi connectivity index (χ4v) is 2.96. The number of carbonyl (C=O) groups is 1. The minimum absolute atomic E-state index is 0.122. The zero-order chi connectivity index (χ0) is 17.2. The summed E-state index contributed by atoms with van der Waals surface area (Å²) in [6.07, 6.45) is 7.09. The molecule has 1 fully saturated rings. The van der Waals surface area contributed by atoms with Crippen LogP contribution in [0.25, 0.3) is 0 Å². The molecule has 0 aromatic heterocycles. The van der Waals surface area contributed by atoms with Gasteiger partial charge in [0.1, 0.15) is 6.61 Å². The number of para-hydroxylation sites is 1. The van der Waals surface area contributed by atoms with Crippen LogP contribution in [0.3, 0.4) is 0 Å². The Morgan fingerprint density at radius 2 is 1.79 bits per heavy atom. The van der Waals surface area contributed by atoms with Crippen LogP contribution in [0.4, 0.5) is 4.79 Å². The molecule has 0 saturated heterocycles. The molecule has 24 heavy (non-hydrogen) atoms. The van der Waals surface area contributed by atoms with E-state index in [2.05, 4.69) is 10.6 Å². The Morgan fingerprint density at radius 1 is 1.08 bits per heavy atom. The third kappa shape index (κ3) is 5.51. The van der Waals surface area contributed by atoms with Crippen molar-refractivity contribution < 1.29 is 19.0 Å². The highest BCUT2D eigenvalue weighted by atomic mass is 16.5. The van der Waals surface area contributed by atoms with Gasteiger partial charge in [-0.1, -0.05) is 31.7 Å². The molecule has 2 N–H and O–H groups in total. The van der Waals surface area contributed by atoms with Crippen molar-refractivity contribution in [3.8, 4) is 17.2 Å². The first-order chi connectivity index (χ1) is 11.7. The van der Waals surface area contributed by atoms with Crippen LogP contribution in [0.15, 0.2) is 18.2 Å². The normalized spacial score (nSPS) is 15.2. The number of amides is 2. The molecule has 6 nitrogen and oxygen atoms in total. The van der Waals surface area contributed by atoms with E-state index < -0.39 is 0 Å². The molecule has 134 valence electrons. The van der Waals surface area contributed by atoms with Gasteiger partial charge in [0.25, 0.3) is 0 Å². The van der Waals surface area contributed by atoms with E-state index in [0.717, 1.165) is 12.8 Å². The number of methoxy groups -OCH3 is 2. The van der Waals surface area contributed by atoms with E-state index in [4.69, 9.17) is 14.2 Å². The molecule has 1 aliphatic rings. The van der Waals surface area contributed by atoms with Gasteiger partial charge in [-0.05, 0) is 25.0 Å². The summed E-state index contributed by atoms with van der Waals surface area (Å²) in [5.74, 6) is 1.78. The van der Waals surface area contributed by atoms with E-state index in [-0.39, 0.29) is 6.03 Å². The number of carbonyl (C=O) groups excluding carboxylic acids is 1. The molecule has 0 aliphatic heterocycles. The number of hydrogen-bond acceptors (Lipinski definition) is 4. The first-order valence-electron chi connectivity index (χ1n) is 8.62. The maximum absolute atomic E-state index is 11.9. The predicted octanol–water partition coefficient (Wildman–Crippen LogP) is 3.10. The van der Waals surface area contributed by atoms with Crippen molar-refractivity contribution >= 4 is 6.03 Å². The summed E-state index contributed by atoms with van der Waals surface area (Å²) in [5, 5.41) is 5.89. The maximum Gasteiger partial charge on any atom is 0.315 e. The molecule has 0 atom stereocenters. The molecule has 6 heteroatoms. The highest BCUT2D eigenvalue weighted by molar-refractivity contribution is 5.74. The lowest BCUT2D eigenvalue weighted by Gasteiger charge is -2.17. The summed E-state index contributed by atoms with van der Waals surface area (Å²) in [7, 11) is 3.16. The Hall–Kier alpha value is -2.11. The van der Waals surface area contributed by atoms with Crippen LogP contribution in [-0.2, 0) is 0 Å². The highest BCUT2D eigenvalue weighted by Gasteiger charge is 2.14. The zero-order valence-electron chi connectivity index (χ0n) is 14.6. The van der Waals surface area contributed by atoms with Gasteiger partial charge in [0.2, 0.25) is 5.75 Å². The van der Waals surface area contributed by atoms with Gasteiger partial charge in [-0.2, -0.15) is 0 Å². The van der Waals surface area contributed by atoms with Crippen LogP contribution in [0.2, 0.25) is 0 Å². The number of nitrogens with one attached hydrogen (secondary N) is 2. The second kappa shape index (κ2) is 9.90. The number of hydrogen-bond donors (Lipinski definition) is 2. The van der Waals surface area contributed by atoms with Crippen LogP contribution in [0.5, 0.6) is 17.2 Å². The van der Waals surface area contributed by atoms with Gasteiger partial charge in [0.05, 0.1) is 20.8 Å². The summed E-state index contributed by atoms with van der Waals surface area (Å²) < 4.78 is 16.2. The van der Waals surface area contributed by atoms with Crippen molar-refractivity contribution in [3.05, 3.63) is 18.2 Å². The second-order valence-corrected chi connectivity index (χ2v) is 5.93. The Bertz CT molecular complexity index is 514. The van der Waals surface area contributed by atoms with Gasteiger partial charge in [-0.3, -0.25) is 0 Å². The third-order valence-corrected chi connectivity index (χ3v) is 4.20. The number of ether oxygens (including phenoxy) is 3. The molecule has 0 spiro atoms. The van der Waals surface area contributed by atoms with Crippen molar-refractivity contribution in [2.75, 3.05) is 27.4 Å². The highest BCUT2D eigenvalue weighted by Crippen LogP contribution is 2.36. The SMILES string of the molecule is COc1cccc(OCCNC(=O)NC2CCCCCC2)c1OC. The Labute approximate surface area is 143 Å². The fraction of sp³-hybridized carbons (Fsp3) is 0.611. The van der Waals surface area contributed by atoms with Crippen LogP contribution in [-0.4, -0.2) is 39.4 Å². The molecule has 0 bridgehead atoms. The fourth-order valence-electron chi connectivity index (χ4n) is 2.96. The first kappa shape index (κ1) is 18.2.